The summed E-state index contributed by atoms with van der Waals surface area (Å²) in [5.41, 5.74) is 2.28. The number of hydrogen-bond donors (Lipinski definition) is 2. The maximum absolute atomic E-state index is 14.5. The number of carbonyl (C=O) groups excluding carboxylic acids is 2. The molecule has 150 valence electrons. The van der Waals surface area contributed by atoms with E-state index in [4.69, 9.17) is 4.84 Å². The Labute approximate surface area is 167 Å². The largest absolute Gasteiger partial charge is 0.387 e. The third kappa shape index (κ3) is 4.37. The SMILES string of the molecule is O=C1CN(c2ccc(CNC(=O)C3=NOC(c4ccccc4)C3)cc2F)CCN1. The van der Waals surface area contributed by atoms with Crippen LogP contribution in [0.5, 0.6) is 0 Å². The normalized spacial score (nSPS) is 18.7. The van der Waals surface area contributed by atoms with Crippen LogP contribution in [0, 0.1) is 5.82 Å². The molecule has 1 unspecified atom stereocenters. The molecule has 1 fully saturated rings. The number of nitrogens with zero attached hydrogens (tertiary/aromatic N) is 2. The first kappa shape index (κ1) is 18.9. The Kier molecular flexibility index (Phi) is 5.41. The molecule has 0 saturated carbocycles. The number of nitrogens with one attached hydrogen (secondary N) is 2. The molecule has 2 aliphatic rings. The second-order valence-electron chi connectivity index (χ2n) is 6.99. The van der Waals surface area contributed by atoms with Crippen LogP contribution in [0.3, 0.4) is 0 Å². The molecule has 0 bridgehead atoms. The number of carbonyl (C=O) groups is 2. The van der Waals surface area contributed by atoms with Crippen molar-refractivity contribution in [3.8, 4) is 0 Å². The number of hydrogen-bond acceptors (Lipinski definition) is 5. The van der Waals surface area contributed by atoms with Crippen molar-refractivity contribution in [2.45, 2.75) is 19.1 Å². The summed E-state index contributed by atoms with van der Waals surface area (Å²) >= 11 is 0. The van der Waals surface area contributed by atoms with Crippen molar-refractivity contribution in [2.24, 2.45) is 5.16 Å². The molecule has 0 aliphatic carbocycles. The van der Waals surface area contributed by atoms with Gasteiger partial charge in [-0.3, -0.25) is 9.59 Å². The van der Waals surface area contributed by atoms with Crippen LogP contribution in [-0.2, 0) is 21.0 Å². The van der Waals surface area contributed by atoms with Crippen molar-refractivity contribution in [2.75, 3.05) is 24.5 Å². The number of anilines is 1. The molecule has 0 radical (unpaired) electrons. The van der Waals surface area contributed by atoms with Crippen molar-refractivity contribution in [1.29, 1.82) is 0 Å². The molecule has 2 aliphatic heterocycles. The molecular weight excluding hydrogens is 375 g/mol. The van der Waals surface area contributed by atoms with E-state index in [0.717, 1.165) is 5.56 Å². The number of halogens is 1. The van der Waals surface area contributed by atoms with E-state index in [0.29, 0.717) is 36.5 Å². The number of oxime groups is 1. The predicted octanol–water partition coefficient (Wildman–Crippen LogP) is 1.90. The van der Waals surface area contributed by atoms with E-state index in [1.54, 1.807) is 17.0 Å². The van der Waals surface area contributed by atoms with E-state index in [1.807, 2.05) is 30.3 Å². The van der Waals surface area contributed by atoms with Crippen LogP contribution >= 0.6 is 0 Å². The standard InChI is InChI=1S/C21H21FN4O3/c22-16-10-14(6-7-18(16)26-9-8-23-20(27)13-26)12-24-21(28)17-11-19(29-25-17)15-4-2-1-3-5-15/h1-7,10,19H,8-9,11-13H2,(H,23,27)(H,24,28). The minimum absolute atomic E-state index is 0.125. The zero-order chi connectivity index (χ0) is 20.2. The summed E-state index contributed by atoms with van der Waals surface area (Å²) in [6.07, 6.45) is 0.121. The van der Waals surface area contributed by atoms with Crippen LogP contribution in [0.15, 0.2) is 53.7 Å². The van der Waals surface area contributed by atoms with Gasteiger partial charge in [0.2, 0.25) is 5.91 Å². The van der Waals surface area contributed by atoms with Crippen LogP contribution in [0.4, 0.5) is 10.1 Å². The highest BCUT2D eigenvalue weighted by Crippen LogP contribution is 2.27. The monoisotopic (exact) mass is 396 g/mol. The molecule has 4 rings (SSSR count). The highest BCUT2D eigenvalue weighted by molar-refractivity contribution is 6.39. The quantitative estimate of drug-likeness (QED) is 0.809. The van der Waals surface area contributed by atoms with Crippen molar-refractivity contribution >= 4 is 23.2 Å². The molecule has 1 atom stereocenters. The van der Waals surface area contributed by atoms with Gasteiger partial charge in [0.25, 0.3) is 5.91 Å². The Morgan fingerprint density at radius 1 is 1.28 bits per heavy atom. The summed E-state index contributed by atoms with van der Waals surface area (Å²) in [4.78, 5) is 30.9. The van der Waals surface area contributed by atoms with E-state index < -0.39 is 5.82 Å². The molecule has 0 spiro atoms. The van der Waals surface area contributed by atoms with Crippen LogP contribution < -0.4 is 15.5 Å². The Morgan fingerprint density at radius 2 is 2.10 bits per heavy atom. The van der Waals surface area contributed by atoms with Gasteiger partial charge < -0.3 is 20.4 Å². The molecule has 0 aromatic heterocycles. The summed E-state index contributed by atoms with van der Waals surface area (Å²) in [6, 6.07) is 14.3. The molecule has 2 amide bonds. The Balaban J connectivity index is 1.33. The third-order valence-electron chi connectivity index (χ3n) is 4.95. The zero-order valence-electron chi connectivity index (χ0n) is 15.7. The van der Waals surface area contributed by atoms with E-state index in [9.17, 15) is 14.0 Å². The predicted molar refractivity (Wildman–Crippen MR) is 106 cm³/mol. The average molecular weight is 396 g/mol. The van der Waals surface area contributed by atoms with Gasteiger partial charge in [-0.05, 0) is 23.3 Å². The number of amides is 2. The van der Waals surface area contributed by atoms with Gasteiger partial charge in [-0.25, -0.2) is 4.39 Å². The minimum Gasteiger partial charge on any atom is -0.387 e. The van der Waals surface area contributed by atoms with Gasteiger partial charge in [0.05, 0.1) is 12.2 Å². The highest BCUT2D eigenvalue weighted by Gasteiger charge is 2.27. The second kappa shape index (κ2) is 8.30. The third-order valence-corrected chi connectivity index (χ3v) is 4.95. The van der Waals surface area contributed by atoms with Gasteiger partial charge in [-0.2, -0.15) is 0 Å². The number of benzene rings is 2. The van der Waals surface area contributed by atoms with E-state index in [2.05, 4.69) is 15.8 Å². The molecular formula is C21H21FN4O3. The lowest BCUT2D eigenvalue weighted by atomic mass is 10.0. The van der Waals surface area contributed by atoms with Crippen LogP contribution in [0.25, 0.3) is 0 Å². The Hall–Kier alpha value is -3.42. The van der Waals surface area contributed by atoms with Gasteiger partial charge >= 0.3 is 0 Å². The van der Waals surface area contributed by atoms with Crippen LogP contribution in [-0.4, -0.2) is 37.2 Å². The van der Waals surface area contributed by atoms with Crippen LogP contribution in [0.2, 0.25) is 0 Å². The molecule has 2 aromatic carbocycles. The van der Waals surface area contributed by atoms with Crippen LogP contribution in [0.1, 0.15) is 23.7 Å². The molecule has 29 heavy (non-hydrogen) atoms. The molecule has 2 N–H and O–H groups in total. The first-order valence-electron chi connectivity index (χ1n) is 9.46. The maximum atomic E-state index is 14.5. The lowest BCUT2D eigenvalue weighted by Crippen LogP contribution is -2.48. The molecule has 1 saturated heterocycles. The summed E-state index contributed by atoms with van der Waals surface area (Å²) in [7, 11) is 0. The Bertz CT molecular complexity index is 948. The van der Waals surface area contributed by atoms with Crippen molar-refractivity contribution < 1.29 is 18.8 Å². The first-order chi connectivity index (χ1) is 14.1. The van der Waals surface area contributed by atoms with Gasteiger partial charge in [0, 0.05) is 26.1 Å². The highest BCUT2D eigenvalue weighted by atomic mass is 19.1. The van der Waals surface area contributed by atoms with Gasteiger partial charge in [0.1, 0.15) is 11.5 Å². The van der Waals surface area contributed by atoms with E-state index >= 15 is 0 Å². The first-order valence-corrected chi connectivity index (χ1v) is 9.46. The van der Waals surface area contributed by atoms with E-state index in [-0.39, 0.29) is 31.0 Å². The topological polar surface area (TPSA) is 83.0 Å². The fraction of sp³-hybridized carbons (Fsp3) is 0.286. The molecule has 2 heterocycles. The summed E-state index contributed by atoms with van der Waals surface area (Å²) in [5, 5.41) is 9.36. The Morgan fingerprint density at radius 3 is 2.86 bits per heavy atom. The van der Waals surface area contributed by atoms with Gasteiger partial charge in [-0.1, -0.05) is 41.6 Å². The summed E-state index contributed by atoms with van der Waals surface area (Å²) < 4.78 is 14.5. The maximum Gasteiger partial charge on any atom is 0.269 e. The van der Waals surface area contributed by atoms with Crippen molar-refractivity contribution in [3.05, 3.63) is 65.5 Å². The smallest absolute Gasteiger partial charge is 0.269 e. The van der Waals surface area contributed by atoms with Crippen molar-refractivity contribution in [3.63, 3.8) is 0 Å². The lowest BCUT2D eigenvalue weighted by Gasteiger charge is -2.29. The fourth-order valence-corrected chi connectivity index (χ4v) is 3.40. The average Bonchev–Trinajstić information content (AvgIpc) is 3.23. The summed E-state index contributed by atoms with van der Waals surface area (Å²) in [5.74, 6) is -0.877. The van der Waals surface area contributed by atoms with Gasteiger partial charge in [0.15, 0.2) is 6.10 Å². The van der Waals surface area contributed by atoms with E-state index in [1.165, 1.54) is 6.07 Å². The molecule has 2 aromatic rings. The second-order valence-corrected chi connectivity index (χ2v) is 6.99. The van der Waals surface area contributed by atoms with Crippen molar-refractivity contribution in [1.82, 2.24) is 10.6 Å². The number of piperazine rings is 1. The minimum atomic E-state index is -0.419. The van der Waals surface area contributed by atoms with Gasteiger partial charge in [-0.15, -0.1) is 0 Å². The molecule has 7 nitrogen and oxygen atoms in total. The summed E-state index contributed by atoms with van der Waals surface area (Å²) in [6.45, 7) is 1.35. The lowest BCUT2D eigenvalue weighted by molar-refractivity contribution is -0.120. The molecule has 8 heteroatoms. The fourth-order valence-electron chi connectivity index (χ4n) is 3.40. The number of rotatable bonds is 5. The zero-order valence-corrected chi connectivity index (χ0v) is 15.7.